The average Bonchev–Trinajstić information content (AvgIpc) is 2.62. The van der Waals surface area contributed by atoms with Gasteiger partial charge in [-0.1, -0.05) is 0 Å². The molecule has 138 valence electrons. The predicted molar refractivity (Wildman–Crippen MR) is 98.2 cm³/mol. The number of nitrogens with zero attached hydrogens (tertiary/aromatic N) is 2. The van der Waals surface area contributed by atoms with Gasteiger partial charge in [0.25, 0.3) is 0 Å². The minimum absolute atomic E-state index is 0.112. The van der Waals surface area contributed by atoms with Crippen molar-refractivity contribution in [3.63, 3.8) is 0 Å². The van der Waals surface area contributed by atoms with E-state index in [4.69, 9.17) is 9.47 Å². The van der Waals surface area contributed by atoms with Gasteiger partial charge in [0.1, 0.15) is 5.75 Å². The van der Waals surface area contributed by atoms with Gasteiger partial charge in [0.15, 0.2) is 0 Å². The van der Waals surface area contributed by atoms with Gasteiger partial charge in [-0.2, -0.15) is 0 Å². The van der Waals surface area contributed by atoms with Crippen LogP contribution in [-0.4, -0.2) is 68.9 Å². The molecule has 3 rings (SSSR count). The normalized spacial score (nSPS) is 23.4. The van der Waals surface area contributed by atoms with Crippen molar-refractivity contribution in [1.29, 1.82) is 0 Å². The minimum Gasteiger partial charge on any atom is -0.497 e. The molecule has 2 fully saturated rings. The standard InChI is InChI=1S/C19H29N3O3/c1-19(2)14-21(18(23)12-15-13-25-11-8-20-15)9-10-22(19)16-4-6-17(24-3)7-5-16/h4-7,15,20H,8-14H2,1-3H3. The molecule has 1 N–H and O–H groups in total. The van der Waals surface area contributed by atoms with E-state index in [1.165, 1.54) is 5.69 Å². The van der Waals surface area contributed by atoms with Gasteiger partial charge in [0.05, 0.1) is 25.9 Å². The van der Waals surface area contributed by atoms with Crippen LogP contribution in [0.5, 0.6) is 5.75 Å². The topological polar surface area (TPSA) is 54.0 Å². The molecule has 25 heavy (non-hydrogen) atoms. The molecule has 0 spiro atoms. The molecule has 2 aliphatic rings. The summed E-state index contributed by atoms with van der Waals surface area (Å²) in [4.78, 5) is 17.0. The number of hydrogen-bond donors (Lipinski definition) is 1. The zero-order valence-electron chi connectivity index (χ0n) is 15.5. The highest BCUT2D eigenvalue weighted by Crippen LogP contribution is 2.29. The molecular formula is C19H29N3O3. The van der Waals surface area contributed by atoms with Crippen LogP contribution in [0.4, 0.5) is 5.69 Å². The number of morpholine rings is 1. The maximum Gasteiger partial charge on any atom is 0.224 e. The smallest absolute Gasteiger partial charge is 0.224 e. The molecule has 2 heterocycles. The Bertz CT molecular complexity index is 582. The lowest BCUT2D eigenvalue weighted by atomic mass is 9.97. The van der Waals surface area contributed by atoms with E-state index in [0.717, 1.165) is 38.5 Å². The molecule has 1 amide bonds. The van der Waals surface area contributed by atoms with E-state index in [2.05, 4.69) is 36.2 Å². The molecule has 2 saturated heterocycles. The number of carbonyl (C=O) groups is 1. The summed E-state index contributed by atoms with van der Waals surface area (Å²) in [6.07, 6.45) is 0.513. The number of hydrogen-bond acceptors (Lipinski definition) is 5. The molecule has 1 aromatic rings. The number of benzene rings is 1. The Morgan fingerprint density at radius 1 is 1.32 bits per heavy atom. The zero-order valence-corrected chi connectivity index (χ0v) is 15.5. The Morgan fingerprint density at radius 2 is 2.08 bits per heavy atom. The molecule has 6 nitrogen and oxygen atoms in total. The fraction of sp³-hybridized carbons (Fsp3) is 0.632. The molecule has 1 unspecified atom stereocenters. The second kappa shape index (κ2) is 7.62. The molecule has 1 atom stereocenters. The fourth-order valence-electron chi connectivity index (χ4n) is 3.70. The van der Waals surface area contributed by atoms with Crippen LogP contribution in [0.15, 0.2) is 24.3 Å². The summed E-state index contributed by atoms with van der Waals surface area (Å²) in [5, 5.41) is 3.36. The van der Waals surface area contributed by atoms with Gasteiger partial charge >= 0.3 is 0 Å². The quantitative estimate of drug-likeness (QED) is 0.895. The number of methoxy groups -OCH3 is 1. The highest BCUT2D eigenvalue weighted by Gasteiger charge is 2.36. The van der Waals surface area contributed by atoms with Crippen molar-refractivity contribution < 1.29 is 14.3 Å². The van der Waals surface area contributed by atoms with E-state index in [0.29, 0.717) is 13.0 Å². The third-order valence-electron chi connectivity index (χ3n) is 5.06. The zero-order chi connectivity index (χ0) is 17.9. The van der Waals surface area contributed by atoms with Crippen LogP contribution in [0.3, 0.4) is 0 Å². The van der Waals surface area contributed by atoms with Crippen LogP contribution in [0.2, 0.25) is 0 Å². The Hall–Kier alpha value is -1.79. The number of ether oxygens (including phenoxy) is 2. The number of anilines is 1. The predicted octanol–water partition coefficient (Wildman–Crippen LogP) is 1.50. The van der Waals surface area contributed by atoms with E-state index in [9.17, 15) is 4.79 Å². The number of nitrogens with one attached hydrogen (secondary N) is 1. The summed E-state index contributed by atoms with van der Waals surface area (Å²) < 4.78 is 10.7. The molecule has 0 aromatic heterocycles. The van der Waals surface area contributed by atoms with E-state index in [1.54, 1.807) is 7.11 Å². The largest absolute Gasteiger partial charge is 0.497 e. The van der Waals surface area contributed by atoms with Gasteiger partial charge < -0.3 is 24.6 Å². The second-order valence-electron chi connectivity index (χ2n) is 7.41. The van der Waals surface area contributed by atoms with Crippen molar-refractivity contribution in [2.75, 3.05) is 51.4 Å². The van der Waals surface area contributed by atoms with Gasteiger partial charge in [-0.05, 0) is 38.1 Å². The summed E-state index contributed by atoms with van der Waals surface area (Å²) in [7, 11) is 1.68. The van der Waals surface area contributed by atoms with E-state index in [-0.39, 0.29) is 17.5 Å². The first kappa shape index (κ1) is 18.0. The van der Waals surface area contributed by atoms with Gasteiger partial charge in [0, 0.05) is 44.3 Å². The molecule has 2 aliphatic heterocycles. The monoisotopic (exact) mass is 347 g/mol. The molecule has 0 radical (unpaired) electrons. The first-order valence-electron chi connectivity index (χ1n) is 9.00. The Labute approximate surface area is 150 Å². The number of piperazine rings is 1. The first-order valence-corrected chi connectivity index (χ1v) is 9.00. The molecule has 0 bridgehead atoms. The second-order valence-corrected chi connectivity index (χ2v) is 7.41. The van der Waals surface area contributed by atoms with Crippen LogP contribution in [0, 0.1) is 0 Å². The van der Waals surface area contributed by atoms with Gasteiger partial charge in [0.2, 0.25) is 5.91 Å². The van der Waals surface area contributed by atoms with Crippen LogP contribution >= 0.6 is 0 Å². The summed E-state index contributed by atoms with van der Waals surface area (Å²) in [6, 6.07) is 8.28. The van der Waals surface area contributed by atoms with Gasteiger partial charge in [-0.25, -0.2) is 0 Å². The summed E-state index contributed by atoms with van der Waals surface area (Å²) in [6.45, 7) is 8.89. The van der Waals surface area contributed by atoms with Crippen molar-refractivity contribution in [2.24, 2.45) is 0 Å². The van der Waals surface area contributed by atoms with Crippen molar-refractivity contribution in [2.45, 2.75) is 31.8 Å². The van der Waals surface area contributed by atoms with E-state index >= 15 is 0 Å². The van der Waals surface area contributed by atoms with Crippen LogP contribution < -0.4 is 15.0 Å². The summed E-state index contributed by atoms with van der Waals surface area (Å²) in [5.74, 6) is 1.07. The van der Waals surface area contributed by atoms with Crippen LogP contribution in [0.1, 0.15) is 20.3 Å². The van der Waals surface area contributed by atoms with Crippen molar-refractivity contribution >= 4 is 11.6 Å². The van der Waals surface area contributed by atoms with Crippen molar-refractivity contribution in [3.8, 4) is 5.75 Å². The Morgan fingerprint density at radius 3 is 2.68 bits per heavy atom. The molecule has 6 heteroatoms. The Balaban J connectivity index is 1.61. The maximum atomic E-state index is 12.7. The van der Waals surface area contributed by atoms with Gasteiger partial charge in [-0.15, -0.1) is 0 Å². The number of amides is 1. The number of rotatable bonds is 4. The number of carbonyl (C=O) groups excluding carboxylic acids is 1. The SMILES string of the molecule is COc1ccc(N2CCN(C(=O)CC3COCCN3)CC2(C)C)cc1. The molecule has 1 aromatic carbocycles. The minimum atomic E-state index is -0.112. The van der Waals surface area contributed by atoms with E-state index in [1.807, 2.05) is 17.0 Å². The van der Waals surface area contributed by atoms with Crippen molar-refractivity contribution in [3.05, 3.63) is 24.3 Å². The van der Waals surface area contributed by atoms with Gasteiger partial charge in [-0.3, -0.25) is 4.79 Å². The third-order valence-corrected chi connectivity index (χ3v) is 5.06. The Kier molecular flexibility index (Phi) is 5.49. The highest BCUT2D eigenvalue weighted by molar-refractivity contribution is 5.77. The maximum absolute atomic E-state index is 12.7. The first-order chi connectivity index (χ1) is 12.0. The average molecular weight is 347 g/mol. The van der Waals surface area contributed by atoms with Crippen molar-refractivity contribution in [1.82, 2.24) is 10.2 Å². The van der Waals surface area contributed by atoms with Crippen LogP contribution in [0.25, 0.3) is 0 Å². The summed E-state index contributed by atoms with van der Waals surface area (Å²) >= 11 is 0. The lowest BCUT2D eigenvalue weighted by Crippen LogP contribution is -2.61. The third kappa shape index (κ3) is 4.25. The highest BCUT2D eigenvalue weighted by atomic mass is 16.5. The summed E-state index contributed by atoms with van der Waals surface area (Å²) in [5.41, 5.74) is 1.05. The van der Waals surface area contributed by atoms with Crippen LogP contribution in [-0.2, 0) is 9.53 Å². The fourth-order valence-corrected chi connectivity index (χ4v) is 3.70. The molecule has 0 saturated carbocycles. The van der Waals surface area contributed by atoms with E-state index < -0.39 is 0 Å². The lowest BCUT2D eigenvalue weighted by Gasteiger charge is -2.48. The molecule has 0 aliphatic carbocycles. The molecular weight excluding hydrogens is 318 g/mol. The lowest BCUT2D eigenvalue weighted by molar-refractivity contribution is -0.134.